The van der Waals surface area contributed by atoms with Gasteiger partial charge in [-0.2, -0.15) is 0 Å². The molecule has 0 aromatic heterocycles. The maximum atomic E-state index is 5.41. The van der Waals surface area contributed by atoms with Crippen molar-refractivity contribution in [2.24, 2.45) is 5.92 Å². The van der Waals surface area contributed by atoms with Crippen LogP contribution in [0.2, 0.25) is 0 Å². The fourth-order valence-corrected chi connectivity index (χ4v) is 1.41. The van der Waals surface area contributed by atoms with Crippen LogP contribution in [-0.2, 0) is 9.47 Å². The highest BCUT2D eigenvalue weighted by molar-refractivity contribution is 4.72. The molecule has 0 amide bonds. The second-order valence-electron chi connectivity index (χ2n) is 3.26. The van der Waals surface area contributed by atoms with Crippen LogP contribution in [0.4, 0.5) is 0 Å². The summed E-state index contributed by atoms with van der Waals surface area (Å²) >= 11 is 0. The molecule has 0 spiro atoms. The van der Waals surface area contributed by atoms with Crippen LogP contribution in [0.25, 0.3) is 0 Å². The van der Waals surface area contributed by atoms with Gasteiger partial charge in [0, 0.05) is 12.0 Å². The van der Waals surface area contributed by atoms with Gasteiger partial charge in [0.15, 0.2) is 0 Å². The lowest BCUT2D eigenvalue weighted by molar-refractivity contribution is 0.103. The minimum absolute atomic E-state index is 0.494. The minimum Gasteiger partial charge on any atom is -0.379 e. The molecule has 12 heavy (non-hydrogen) atoms. The van der Waals surface area contributed by atoms with Crippen molar-refractivity contribution in [2.75, 3.05) is 33.0 Å². The molecular weight excluding hydrogens is 154 g/mol. The lowest BCUT2D eigenvalue weighted by Gasteiger charge is -2.21. The predicted octanol–water partition coefficient (Wildman–Crippen LogP) is 0.647. The maximum Gasteiger partial charge on any atom is 0.0700 e. The highest BCUT2D eigenvalue weighted by atomic mass is 16.5. The zero-order valence-corrected chi connectivity index (χ0v) is 8.01. The van der Waals surface area contributed by atoms with Crippen molar-refractivity contribution < 1.29 is 9.47 Å². The predicted molar refractivity (Wildman–Crippen MR) is 48.3 cm³/mol. The lowest BCUT2D eigenvalue weighted by atomic mass is 10.0. The average molecular weight is 173 g/mol. The Morgan fingerprint density at radius 3 is 2.42 bits per heavy atom. The summed E-state index contributed by atoms with van der Waals surface area (Å²) in [6.45, 7) is 8.46. The van der Waals surface area contributed by atoms with Crippen molar-refractivity contribution in [3.8, 4) is 0 Å². The average Bonchev–Trinajstić information content (AvgIpc) is 2.32. The molecule has 0 radical (unpaired) electrons. The van der Waals surface area contributed by atoms with Gasteiger partial charge < -0.3 is 14.8 Å². The topological polar surface area (TPSA) is 30.5 Å². The van der Waals surface area contributed by atoms with Crippen LogP contribution < -0.4 is 5.32 Å². The summed E-state index contributed by atoms with van der Waals surface area (Å²) in [6.07, 6.45) is 0. The molecule has 0 saturated carbocycles. The van der Waals surface area contributed by atoms with Gasteiger partial charge in [0.05, 0.1) is 26.4 Å². The van der Waals surface area contributed by atoms with Crippen molar-refractivity contribution >= 4 is 0 Å². The molecule has 1 fully saturated rings. The second kappa shape index (κ2) is 5.51. The van der Waals surface area contributed by atoms with Gasteiger partial charge in [0.2, 0.25) is 0 Å². The molecule has 0 aliphatic carbocycles. The Morgan fingerprint density at radius 1 is 1.33 bits per heavy atom. The third kappa shape index (κ3) is 3.09. The van der Waals surface area contributed by atoms with Gasteiger partial charge in [-0.05, 0) is 13.5 Å². The molecule has 1 N–H and O–H groups in total. The number of ether oxygens (including phenoxy) is 2. The first kappa shape index (κ1) is 9.96. The zero-order chi connectivity index (χ0) is 8.81. The quantitative estimate of drug-likeness (QED) is 0.679. The van der Waals surface area contributed by atoms with Crippen molar-refractivity contribution in [2.45, 2.75) is 19.9 Å². The Kier molecular flexibility index (Phi) is 4.58. The summed E-state index contributed by atoms with van der Waals surface area (Å²) in [5, 5.41) is 3.38. The van der Waals surface area contributed by atoms with Crippen LogP contribution >= 0.6 is 0 Å². The fourth-order valence-electron chi connectivity index (χ4n) is 1.41. The molecule has 1 unspecified atom stereocenters. The van der Waals surface area contributed by atoms with Gasteiger partial charge in [-0.3, -0.25) is 0 Å². The molecule has 1 heterocycles. The normalized spacial score (nSPS) is 23.5. The van der Waals surface area contributed by atoms with Crippen molar-refractivity contribution in [3.63, 3.8) is 0 Å². The highest BCUT2D eigenvalue weighted by Gasteiger charge is 2.18. The van der Waals surface area contributed by atoms with Crippen molar-refractivity contribution in [1.82, 2.24) is 5.32 Å². The van der Waals surface area contributed by atoms with Crippen molar-refractivity contribution in [1.29, 1.82) is 0 Å². The Labute approximate surface area is 74.4 Å². The van der Waals surface area contributed by atoms with E-state index in [4.69, 9.17) is 9.47 Å². The molecule has 72 valence electrons. The molecule has 0 aromatic carbocycles. The molecular formula is C9H19NO2. The van der Waals surface area contributed by atoms with E-state index >= 15 is 0 Å². The smallest absolute Gasteiger partial charge is 0.0700 e. The maximum absolute atomic E-state index is 5.41. The molecule has 1 aliphatic rings. The third-order valence-electron chi connectivity index (χ3n) is 2.27. The monoisotopic (exact) mass is 173 g/mol. The summed E-state index contributed by atoms with van der Waals surface area (Å²) in [5.74, 6) is 0.507. The van der Waals surface area contributed by atoms with Crippen molar-refractivity contribution in [3.05, 3.63) is 0 Å². The van der Waals surface area contributed by atoms with Gasteiger partial charge >= 0.3 is 0 Å². The molecule has 0 bridgehead atoms. The van der Waals surface area contributed by atoms with E-state index in [0.717, 1.165) is 33.0 Å². The van der Waals surface area contributed by atoms with E-state index in [1.165, 1.54) is 0 Å². The first-order valence-corrected chi connectivity index (χ1v) is 4.73. The van der Waals surface area contributed by atoms with Crippen LogP contribution in [0.3, 0.4) is 0 Å². The fraction of sp³-hybridized carbons (Fsp3) is 1.00. The summed E-state index contributed by atoms with van der Waals surface area (Å²) in [6, 6.07) is 0.494. The summed E-state index contributed by atoms with van der Waals surface area (Å²) in [7, 11) is 0. The molecule has 3 heteroatoms. The molecule has 3 nitrogen and oxygen atoms in total. The van der Waals surface area contributed by atoms with E-state index in [0.29, 0.717) is 12.0 Å². The largest absolute Gasteiger partial charge is 0.379 e. The lowest BCUT2D eigenvalue weighted by Crippen LogP contribution is -2.37. The first-order chi connectivity index (χ1) is 5.84. The molecule has 1 aliphatic heterocycles. The van der Waals surface area contributed by atoms with Crippen LogP contribution in [0.5, 0.6) is 0 Å². The number of nitrogens with one attached hydrogen (secondary N) is 1. The van der Waals surface area contributed by atoms with Crippen LogP contribution in [0, 0.1) is 5.92 Å². The molecule has 0 aromatic rings. The second-order valence-corrected chi connectivity index (χ2v) is 3.26. The van der Waals surface area contributed by atoms with E-state index in [1.807, 2.05) is 0 Å². The van der Waals surface area contributed by atoms with Gasteiger partial charge in [-0.1, -0.05) is 6.92 Å². The number of hydrogen-bond acceptors (Lipinski definition) is 3. The van der Waals surface area contributed by atoms with Crippen LogP contribution in [0.1, 0.15) is 13.8 Å². The van der Waals surface area contributed by atoms with Gasteiger partial charge in [-0.15, -0.1) is 0 Å². The highest BCUT2D eigenvalue weighted by Crippen LogP contribution is 2.08. The van der Waals surface area contributed by atoms with E-state index in [2.05, 4.69) is 19.2 Å². The summed E-state index contributed by atoms with van der Waals surface area (Å²) in [4.78, 5) is 0. The Morgan fingerprint density at radius 2 is 1.92 bits per heavy atom. The molecule has 1 atom stereocenters. The van der Waals surface area contributed by atoms with E-state index in [-0.39, 0.29) is 0 Å². The number of rotatable bonds is 3. The van der Waals surface area contributed by atoms with E-state index in [1.54, 1.807) is 0 Å². The standard InChI is InChI=1S/C9H19NO2/c1-3-10-8(2)9-6-11-4-5-12-7-9/h8-10H,3-7H2,1-2H3. The number of hydrogen-bond donors (Lipinski definition) is 1. The first-order valence-electron chi connectivity index (χ1n) is 4.73. The minimum atomic E-state index is 0.494. The van der Waals surface area contributed by atoms with E-state index < -0.39 is 0 Å². The van der Waals surface area contributed by atoms with Gasteiger partial charge in [-0.25, -0.2) is 0 Å². The molecule has 1 saturated heterocycles. The zero-order valence-electron chi connectivity index (χ0n) is 8.01. The van der Waals surface area contributed by atoms with Gasteiger partial charge in [0.1, 0.15) is 0 Å². The van der Waals surface area contributed by atoms with Crippen LogP contribution in [-0.4, -0.2) is 39.0 Å². The summed E-state index contributed by atoms with van der Waals surface area (Å²) < 4.78 is 10.8. The van der Waals surface area contributed by atoms with E-state index in [9.17, 15) is 0 Å². The Balaban J connectivity index is 2.27. The van der Waals surface area contributed by atoms with Crippen LogP contribution in [0.15, 0.2) is 0 Å². The SMILES string of the molecule is CCNC(C)C1COCCOC1. The Hall–Kier alpha value is -0.120. The third-order valence-corrected chi connectivity index (χ3v) is 2.27. The van der Waals surface area contributed by atoms with Gasteiger partial charge in [0.25, 0.3) is 0 Å². The Bertz CT molecular complexity index is 111. The summed E-state index contributed by atoms with van der Waals surface area (Å²) in [5.41, 5.74) is 0. The molecule has 1 rings (SSSR count).